The summed E-state index contributed by atoms with van der Waals surface area (Å²) in [6, 6.07) is 14.0. The number of hydrogen-bond acceptors (Lipinski definition) is 9. The third kappa shape index (κ3) is 8.04. The second kappa shape index (κ2) is 15.2. The van der Waals surface area contributed by atoms with Gasteiger partial charge in [0.25, 0.3) is 0 Å². The molecule has 38 heavy (non-hydrogen) atoms. The highest BCUT2D eigenvalue weighted by Gasteiger charge is 2.31. The minimum Gasteiger partial charge on any atom is -0.465 e. The first-order valence-electron chi connectivity index (χ1n) is 13.9. The van der Waals surface area contributed by atoms with Gasteiger partial charge in [-0.2, -0.15) is 0 Å². The molecule has 2 N–H and O–H groups in total. The van der Waals surface area contributed by atoms with E-state index in [1.54, 1.807) is 13.3 Å². The molecule has 2 fully saturated rings. The molecule has 9 heteroatoms. The SMILES string of the molecule is COCCOCOc1ccccc1N1CCN(CCN(c2ccccn2)[C@H](O)C2CCC(CO)CC2)CC1. The monoisotopic (exact) mass is 528 g/mol. The van der Waals surface area contributed by atoms with E-state index in [-0.39, 0.29) is 19.3 Å². The molecule has 2 heterocycles. The molecule has 0 amide bonds. The Kier molecular flexibility index (Phi) is 11.5. The number of hydrogen-bond donors (Lipinski definition) is 2. The van der Waals surface area contributed by atoms with Gasteiger partial charge in [0.2, 0.25) is 0 Å². The van der Waals surface area contributed by atoms with E-state index >= 15 is 0 Å². The number of ether oxygens (including phenoxy) is 3. The topological polar surface area (TPSA) is 90.8 Å². The van der Waals surface area contributed by atoms with Crippen molar-refractivity contribution in [3.8, 4) is 5.75 Å². The first-order chi connectivity index (χ1) is 18.7. The molecule has 1 aromatic heterocycles. The van der Waals surface area contributed by atoms with Crippen LogP contribution in [0.4, 0.5) is 11.5 Å². The number of para-hydroxylation sites is 2. The van der Waals surface area contributed by atoms with E-state index in [0.717, 1.165) is 82.2 Å². The van der Waals surface area contributed by atoms with Crippen molar-refractivity contribution in [3.63, 3.8) is 0 Å². The maximum absolute atomic E-state index is 11.4. The van der Waals surface area contributed by atoms with Crippen LogP contribution in [0.3, 0.4) is 0 Å². The summed E-state index contributed by atoms with van der Waals surface area (Å²) in [5, 5.41) is 20.9. The van der Waals surface area contributed by atoms with Gasteiger partial charge in [0, 0.05) is 65.1 Å². The van der Waals surface area contributed by atoms with Crippen molar-refractivity contribution in [1.29, 1.82) is 0 Å². The molecular weight excluding hydrogens is 484 g/mol. The Morgan fingerprint density at radius 1 is 1.00 bits per heavy atom. The normalized spacial score (nSPS) is 21.3. The smallest absolute Gasteiger partial charge is 0.189 e. The summed E-state index contributed by atoms with van der Waals surface area (Å²) >= 11 is 0. The molecule has 2 aromatic rings. The van der Waals surface area contributed by atoms with Crippen LogP contribution in [0.2, 0.25) is 0 Å². The number of methoxy groups -OCH3 is 1. The van der Waals surface area contributed by atoms with Gasteiger partial charge in [0.05, 0.1) is 18.9 Å². The highest BCUT2D eigenvalue weighted by molar-refractivity contribution is 5.58. The molecule has 1 aliphatic heterocycles. The zero-order valence-electron chi connectivity index (χ0n) is 22.7. The van der Waals surface area contributed by atoms with E-state index in [1.807, 2.05) is 36.4 Å². The van der Waals surface area contributed by atoms with Crippen molar-refractivity contribution in [2.45, 2.75) is 31.9 Å². The second-order valence-electron chi connectivity index (χ2n) is 10.2. The van der Waals surface area contributed by atoms with Crippen molar-refractivity contribution < 1.29 is 24.4 Å². The van der Waals surface area contributed by atoms with E-state index in [0.29, 0.717) is 19.1 Å². The minimum absolute atomic E-state index is 0.201. The van der Waals surface area contributed by atoms with Crippen LogP contribution >= 0.6 is 0 Å². The Balaban J connectivity index is 1.30. The number of nitrogens with zero attached hydrogens (tertiary/aromatic N) is 4. The summed E-state index contributed by atoms with van der Waals surface area (Å²) in [7, 11) is 1.65. The lowest BCUT2D eigenvalue weighted by atomic mass is 9.81. The lowest BCUT2D eigenvalue weighted by molar-refractivity contribution is -0.00830. The average molecular weight is 529 g/mol. The van der Waals surface area contributed by atoms with Crippen LogP contribution in [-0.2, 0) is 9.47 Å². The van der Waals surface area contributed by atoms with Gasteiger partial charge in [0.15, 0.2) is 6.79 Å². The molecule has 1 atom stereocenters. The predicted octanol–water partition coefficient (Wildman–Crippen LogP) is 2.83. The van der Waals surface area contributed by atoms with E-state index in [1.165, 1.54) is 0 Å². The molecule has 4 rings (SSSR count). The molecule has 0 unspecified atom stereocenters. The Labute approximate surface area is 226 Å². The van der Waals surface area contributed by atoms with E-state index < -0.39 is 6.23 Å². The lowest BCUT2D eigenvalue weighted by Crippen LogP contribution is -2.51. The zero-order chi connectivity index (χ0) is 26.6. The Morgan fingerprint density at radius 3 is 2.47 bits per heavy atom. The van der Waals surface area contributed by atoms with Crippen LogP contribution < -0.4 is 14.5 Å². The third-order valence-electron chi connectivity index (χ3n) is 7.80. The Morgan fingerprint density at radius 2 is 1.76 bits per heavy atom. The van der Waals surface area contributed by atoms with Crippen LogP contribution in [0, 0.1) is 11.8 Å². The first kappa shape index (κ1) is 28.6. The van der Waals surface area contributed by atoms with Crippen LogP contribution in [0.25, 0.3) is 0 Å². The molecule has 210 valence electrons. The van der Waals surface area contributed by atoms with Gasteiger partial charge in [-0.15, -0.1) is 0 Å². The van der Waals surface area contributed by atoms with Crippen molar-refractivity contribution >= 4 is 11.5 Å². The number of anilines is 2. The molecule has 2 aliphatic rings. The van der Waals surface area contributed by atoms with Crippen LogP contribution in [0.5, 0.6) is 5.75 Å². The number of benzene rings is 1. The van der Waals surface area contributed by atoms with Gasteiger partial charge in [0.1, 0.15) is 17.8 Å². The average Bonchev–Trinajstić information content (AvgIpc) is 2.98. The predicted molar refractivity (Wildman–Crippen MR) is 149 cm³/mol. The van der Waals surface area contributed by atoms with Crippen LogP contribution in [0.1, 0.15) is 25.7 Å². The number of aromatic nitrogens is 1. The van der Waals surface area contributed by atoms with E-state index in [2.05, 4.69) is 25.8 Å². The van der Waals surface area contributed by atoms with Crippen molar-refractivity contribution in [2.75, 3.05) is 82.8 Å². The van der Waals surface area contributed by atoms with Gasteiger partial charge >= 0.3 is 0 Å². The number of aliphatic hydroxyl groups is 2. The first-order valence-corrected chi connectivity index (χ1v) is 13.9. The van der Waals surface area contributed by atoms with Crippen LogP contribution in [-0.4, -0.2) is 99.3 Å². The number of rotatable bonds is 14. The second-order valence-corrected chi connectivity index (χ2v) is 10.2. The summed E-state index contributed by atoms with van der Waals surface area (Å²) in [4.78, 5) is 11.5. The fraction of sp³-hybridized carbons (Fsp3) is 0.621. The molecule has 1 aromatic carbocycles. The molecule has 0 bridgehead atoms. The quantitative estimate of drug-likeness (QED) is 0.284. The molecule has 1 saturated heterocycles. The summed E-state index contributed by atoms with van der Waals surface area (Å²) in [6.45, 7) is 6.77. The van der Waals surface area contributed by atoms with Gasteiger partial charge in [-0.05, 0) is 55.9 Å². The van der Waals surface area contributed by atoms with Crippen molar-refractivity contribution in [2.24, 2.45) is 11.8 Å². The maximum atomic E-state index is 11.4. The standard InChI is InChI=1S/C29H44N4O5/c1-36-20-21-37-23-38-27-7-3-2-6-26(27)32-17-14-31(15-18-32)16-19-33(28-8-4-5-13-30-28)29(35)25-11-9-24(22-34)10-12-25/h2-8,13,24-25,29,34-35H,9-12,14-23H2,1H3/t24?,25?,29-/m1/s1. The molecule has 1 saturated carbocycles. The van der Waals surface area contributed by atoms with Gasteiger partial charge in [-0.1, -0.05) is 18.2 Å². The summed E-state index contributed by atoms with van der Waals surface area (Å²) in [5.41, 5.74) is 1.09. The molecule has 1 aliphatic carbocycles. The highest BCUT2D eigenvalue weighted by Crippen LogP contribution is 2.33. The summed E-state index contributed by atoms with van der Waals surface area (Å²) in [6.07, 6.45) is 5.04. The zero-order valence-corrected chi connectivity index (χ0v) is 22.7. The maximum Gasteiger partial charge on any atom is 0.189 e. The van der Waals surface area contributed by atoms with E-state index in [9.17, 15) is 10.2 Å². The molecule has 0 spiro atoms. The fourth-order valence-electron chi connectivity index (χ4n) is 5.44. The van der Waals surface area contributed by atoms with Crippen molar-refractivity contribution in [3.05, 3.63) is 48.7 Å². The van der Waals surface area contributed by atoms with Gasteiger partial charge in [-0.25, -0.2) is 4.98 Å². The molecule has 9 nitrogen and oxygen atoms in total. The number of piperazine rings is 1. The fourth-order valence-corrected chi connectivity index (χ4v) is 5.44. The van der Waals surface area contributed by atoms with Gasteiger partial charge < -0.3 is 34.2 Å². The minimum atomic E-state index is -0.569. The van der Waals surface area contributed by atoms with Crippen LogP contribution in [0.15, 0.2) is 48.7 Å². The lowest BCUT2D eigenvalue weighted by Gasteiger charge is -2.40. The largest absolute Gasteiger partial charge is 0.465 e. The van der Waals surface area contributed by atoms with E-state index in [4.69, 9.17) is 14.2 Å². The Bertz CT molecular complexity index is 920. The van der Waals surface area contributed by atoms with Gasteiger partial charge in [-0.3, -0.25) is 4.90 Å². The summed E-state index contributed by atoms with van der Waals surface area (Å²) < 4.78 is 16.4. The molecule has 0 radical (unpaired) electrons. The molecular formula is C29H44N4O5. The number of aliphatic hydroxyl groups excluding tert-OH is 2. The van der Waals surface area contributed by atoms with Crippen molar-refractivity contribution in [1.82, 2.24) is 9.88 Å². The summed E-state index contributed by atoms with van der Waals surface area (Å²) in [5.74, 6) is 2.23. The highest BCUT2D eigenvalue weighted by atomic mass is 16.7. The number of pyridine rings is 1. The Hall–Kier alpha value is -2.43. The third-order valence-corrected chi connectivity index (χ3v) is 7.80.